The van der Waals surface area contributed by atoms with E-state index in [1.807, 2.05) is 37.3 Å². The number of aryl methyl sites for hydroxylation is 1. The molecule has 7 heteroatoms. The number of nitrogens with zero attached hydrogens (tertiary/aromatic N) is 4. The van der Waals surface area contributed by atoms with Gasteiger partial charge in [0.05, 0.1) is 0 Å². The lowest BCUT2D eigenvalue weighted by Crippen LogP contribution is -2.28. The van der Waals surface area contributed by atoms with Gasteiger partial charge in [-0.3, -0.25) is 9.36 Å². The average Bonchev–Trinajstić information content (AvgIpc) is 2.82. The zero-order valence-electron chi connectivity index (χ0n) is 10.9. The summed E-state index contributed by atoms with van der Waals surface area (Å²) in [5.41, 5.74) is 1.37. The van der Waals surface area contributed by atoms with E-state index in [4.69, 9.17) is 12.2 Å². The van der Waals surface area contributed by atoms with Crippen LogP contribution in [0.5, 0.6) is 0 Å². The zero-order valence-corrected chi connectivity index (χ0v) is 11.7. The normalized spacial score (nSPS) is 11.1. The van der Waals surface area contributed by atoms with Gasteiger partial charge in [-0.2, -0.15) is 9.61 Å². The molecule has 6 nitrogen and oxygen atoms in total. The second kappa shape index (κ2) is 5.01. The number of benzene rings is 1. The fourth-order valence-corrected chi connectivity index (χ4v) is 2.31. The number of fused-ring (bicyclic) bond motifs is 1. The molecular formula is C13H13N5OS. The maximum Gasteiger partial charge on any atom is 0.277 e. The van der Waals surface area contributed by atoms with Gasteiger partial charge < -0.3 is 0 Å². The van der Waals surface area contributed by atoms with E-state index in [-0.39, 0.29) is 5.56 Å². The first-order valence-electron chi connectivity index (χ1n) is 6.31. The van der Waals surface area contributed by atoms with Gasteiger partial charge in [0.15, 0.2) is 0 Å². The maximum atomic E-state index is 12.4. The molecule has 1 aromatic carbocycles. The van der Waals surface area contributed by atoms with Crippen molar-refractivity contribution in [2.24, 2.45) is 0 Å². The molecule has 3 aromatic rings. The summed E-state index contributed by atoms with van der Waals surface area (Å²) in [7, 11) is 0. The quantitative estimate of drug-likeness (QED) is 0.742. The van der Waals surface area contributed by atoms with E-state index in [9.17, 15) is 4.79 Å². The van der Waals surface area contributed by atoms with Gasteiger partial charge in [0, 0.05) is 13.0 Å². The molecule has 0 bridgehead atoms. The summed E-state index contributed by atoms with van der Waals surface area (Å²) in [6.45, 7) is 2.41. The maximum absolute atomic E-state index is 12.4. The molecule has 0 atom stereocenters. The summed E-state index contributed by atoms with van der Waals surface area (Å²) < 4.78 is 3.45. The van der Waals surface area contributed by atoms with Crippen molar-refractivity contribution in [2.45, 2.75) is 19.9 Å². The van der Waals surface area contributed by atoms with E-state index < -0.39 is 0 Å². The predicted molar refractivity (Wildman–Crippen MR) is 77.4 cm³/mol. The van der Waals surface area contributed by atoms with Gasteiger partial charge in [0.2, 0.25) is 4.77 Å². The van der Waals surface area contributed by atoms with Crippen LogP contribution in [0.2, 0.25) is 0 Å². The topological polar surface area (TPSA) is 68.0 Å². The highest BCUT2D eigenvalue weighted by Crippen LogP contribution is 2.05. The van der Waals surface area contributed by atoms with E-state index in [2.05, 4.69) is 15.3 Å². The number of nitrogens with one attached hydrogen (secondary N) is 1. The number of rotatable bonds is 3. The molecule has 0 unspecified atom stereocenters. The van der Waals surface area contributed by atoms with Gasteiger partial charge in [0.25, 0.3) is 11.3 Å². The first kappa shape index (κ1) is 12.7. The highest BCUT2D eigenvalue weighted by molar-refractivity contribution is 7.71. The molecule has 3 rings (SSSR count). The van der Waals surface area contributed by atoms with Gasteiger partial charge in [0.1, 0.15) is 5.69 Å². The van der Waals surface area contributed by atoms with E-state index in [0.29, 0.717) is 29.2 Å². The molecule has 1 N–H and O–H groups in total. The molecule has 0 amide bonds. The van der Waals surface area contributed by atoms with E-state index >= 15 is 0 Å². The molecule has 20 heavy (non-hydrogen) atoms. The molecule has 2 heterocycles. The van der Waals surface area contributed by atoms with Crippen molar-refractivity contribution in [3.05, 3.63) is 56.7 Å². The number of H-pyrrole nitrogens is 1. The summed E-state index contributed by atoms with van der Waals surface area (Å²) in [5, 5.41) is 11.0. The van der Waals surface area contributed by atoms with Gasteiger partial charge >= 0.3 is 0 Å². The minimum atomic E-state index is -0.127. The monoisotopic (exact) mass is 287 g/mol. The number of aromatic nitrogens is 5. The standard InChI is InChI=1S/C13H13N5OS/c1-2-17-11(19)10(8-9-6-4-3-5-7-9)16-18-12(17)14-15-13(18)20/h3-7H,2,8H2,1H3,(H,15,20). The molecule has 0 spiro atoms. The Morgan fingerprint density at radius 1 is 1.30 bits per heavy atom. The lowest BCUT2D eigenvalue weighted by atomic mass is 10.1. The Labute approximate surface area is 119 Å². The van der Waals surface area contributed by atoms with Crippen molar-refractivity contribution in [1.82, 2.24) is 24.4 Å². The SMILES string of the molecule is CCn1c(=O)c(Cc2ccccc2)nn2c(=S)[nH]nc12. The molecule has 0 saturated heterocycles. The van der Waals surface area contributed by atoms with Crippen LogP contribution in [0, 0.1) is 4.77 Å². The van der Waals surface area contributed by atoms with Crippen LogP contribution in [0.25, 0.3) is 5.78 Å². The highest BCUT2D eigenvalue weighted by Gasteiger charge is 2.12. The van der Waals surface area contributed by atoms with Crippen LogP contribution in [0.15, 0.2) is 35.1 Å². The summed E-state index contributed by atoms with van der Waals surface area (Å²) >= 11 is 5.13. The van der Waals surface area contributed by atoms with Crippen molar-refractivity contribution in [3.63, 3.8) is 0 Å². The van der Waals surface area contributed by atoms with Crippen LogP contribution >= 0.6 is 12.2 Å². The van der Waals surface area contributed by atoms with Crippen LogP contribution < -0.4 is 5.56 Å². The molecule has 0 aliphatic carbocycles. The number of aromatic amines is 1. The second-order valence-electron chi connectivity index (χ2n) is 4.40. The fraction of sp³-hybridized carbons (Fsp3) is 0.231. The summed E-state index contributed by atoms with van der Waals surface area (Å²) in [6, 6.07) is 9.76. The van der Waals surface area contributed by atoms with E-state index in [0.717, 1.165) is 5.56 Å². The summed E-state index contributed by atoms with van der Waals surface area (Å²) in [5.74, 6) is 0.444. The fourth-order valence-electron chi connectivity index (χ4n) is 2.14. The molecule has 0 aliphatic rings. The Morgan fingerprint density at radius 3 is 2.75 bits per heavy atom. The third-order valence-corrected chi connectivity index (χ3v) is 3.38. The Kier molecular flexibility index (Phi) is 3.19. The van der Waals surface area contributed by atoms with Gasteiger partial charge in [-0.25, -0.2) is 5.10 Å². The van der Waals surface area contributed by atoms with Gasteiger partial charge in [-0.15, -0.1) is 5.10 Å². The number of hydrogen-bond donors (Lipinski definition) is 1. The van der Waals surface area contributed by atoms with Crippen LogP contribution in [0.3, 0.4) is 0 Å². The van der Waals surface area contributed by atoms with Gasteiger partial charge in [-0.05, 0) is 24.7 Å². The van der Waals surface area contributed by atoms with Crippen molar-refractivity contribution >= 4 is 18.0 Å². The zero-order chi connectivity index (χ0) is 14.1. The molecule has 0 saturated carbocycles. The lowest BCUT2D eigenvalue weighted by Gasteiger charge is -2.06. The lowest BCUT2D eigenvalue weighted by molar-refractivity contribution is 0.671. The van der Waals surface area contributed by atoms with Gasteiger partial charge in [-0.1, -0.05) is 30.3 Å². The minimum Gasteiger partial charge on any atom is -0.274 e. The largest absolute Gasteiger partial charge is 0.277 e. The summed E-state index contributed by atoms with van der Waals surface area (Å²) in [6.07, 6.45) is 0.475. The van der Waals surface area contributed by atoms with E-state index in [1.54, 1.807) is 4.57 Å². The van der Waals surface area contributed by atoms with Crippen molar-refractivity contribution in [3.8, 4) is 0 Å². The van der Waals surface area contributed by atoms with Crippen molar-refractivity contribution in [1.29, 1.82) is 0 Å². The first-order chi connectivity index (χ1) is 9.70. The molecule has 0 fully saturated rings. The Balaban J connectivity index is 2.20. The third-order valence-electron chi connectivity index (χ3n) is 3.12. The summed E-state index contributed by atoms with van der Waals surface area (Å²) in [4.78, 5) is 12.4. The van der Waals surface area contributed by atoms with Crippen LogP contribution in [-0.2, 0) is 13.0 Å². The third kappa shape index (κ3) is 2.05. The Bertz CT molecular complexity index is 862. The molecular weight excluding hydrogens is 274 g/mol. The molecule has 102 valence electrons. The minimum absolute atomic E-state index is 0.127. The second-order valence-corrected chi connectivity index (χ2v) is 4.79. The predicted octanol–water partition coefficient (Wildman–Crippen LogP) is 1.56. The molecule has 0 aliphatic heterocycles. The van der Waals surface area contributed by atoms with Crippen molar-refractivity contribution < 1.29 is 0 Å². The van der Waals surface area contributed by atoms with Crippen molar-refractivity contribution in [2.75, 3.05) is 0 Å². The Morgan fingerprint density at radius 2 is 2.05 bits per heavy atom. The van der Waals surface area contributed by atoms with Crippen LogP contribution in [-0.4, -0.2) is 24.4 Å². The van der Waals surface area contributed by atoms with Crippen LogP contribution in [0.4, 0.5) is 0 Å². The first-order valence-corrected chi connectivity index (χ1v) is 6.72. The average molecular weight is 287 g/mol. The van der Waals surface area contributed by atoms with E-state index in [1.165, 1.54) is 4.52 Å². The van der Waals surface area contributed by atoms with Crippen LogP contribution in [0.1, 0.15) is 18.2 Å². The number of hydrogen-bond acceptors (Lipinski definition) is 4. The molecule has 2 aromatic heterocycles. The Hall–Kier alpha value is -2.28. The smallest absolute Gasteiger partial charge is 0.274 e. The molecule has 0 radical (unpaired) electrons. The highest BCUT2D eigenvalue weighted by atomic mass is 32.1.